The lowest BCUT2D eigenvalue weighted by atomic mass is 9.97. The van der Waals surface area contributed by atoms with Crippen LogP contribution < -0.4 is 9.64 Å². The molecule has 2 aromatic carbocycles. The van der Waals surface area contributed by atoms with E-state index >= 15 is 0 Å². The summed E-state index contributed by atoms with van der Waals surface area (Å²) in [5.74, 6) is 0.191. The van der Waals surface area contributed by atoms with Crippen LogP contribution in [0, 0.1) is 5.92 Å². The maximum Gasteiger partial charge on any atom is 0.410 e. The Labute approximate surface area is 243 Å². The lowest BCUT2D eigenvalue weighted by molar-refractivity contribution is -0.148. The van der Waals surface area contributed by atoms with Crippen LogP contribution in [-0.2, 0) is 25.5 Å². The van der Waals surface area contributed by atoms with Gasteiger partial charge in [0.2, 0.25) is 0 Å². The number of esters is 1. The summed E-state index contributed by atoms with van der Waals surface area (Å²) in [7, 11) is 0. The van der Waals surface area contributed by atoms with E-state index < -0.39 is 11.7 Å². The number of amides is 2. The number of anilines is 1. The standard InChI is InChI=1S/C32H43N3O6/c1-5-39-30(37)25-13-10-16-35(23-25)26-14-9-15-27(22-26)40-28(21-24-11-7-6-8-12-24)29(36)33-17-19-34(20-18-33)31(38)41-32(2,3)4/h6-9,11-12,14-15,22,25,28H,5,10,13,16-21,23H2,1-4H3/t25-,28?/m1/s1. The van der Waals surface area contributed by atoms with E-state index in [1.807, 2.05) is 82.3 Å². The molecule has 1 unspecified atom stereocenters. The van der Waals surface area contributed by atoms with Crippen molar-refractivity contribution in [2.45, 2.75) is 58.7 Å². The first-order valence-electron chi connectivity index (χ1n) is 14.6. The molecule has 2 aliphatic rings. The Hall–Kier alpha value is -3.75. The SMILES string of the molecule is CCOC(=O)[C@@H]1CCCN(c2cccc(OC(Cc3ccccc3)C(=O)N3CCN(C(=O)OC(C)(C)C)CC3)c2)C1. The van der Waals surface area contributed by atoms with Crippen LogP contribution in [0.3, 0.4) is 0 Å². The minimum absolute atomic E-state index is 0.108. The largest absolute Gasteiger partial charge is 0.480 e. The van der Waals surface area contributed by atoms with Crippen LogP contribution in [0.5, 0.6) is 5.75 Å². The third-order valence-corrected chi connectivity index (χ3v) is 7.28. The van der Waals surface area contributed by atoms with Gasteiger partial charge >= 0.3 is 12.1 Å². The van der Waals surface area contributed by atoms with E-state index in [9.17, 15) is 14.4 Å². The summed E-state index contributed by atoms with van der Waals surface area (Å²) in [5.41, 5.74) is 1.39. The molecule has 9 nitrogen and oxygen atoms in total. The van der Waals surface area contributed by atoms with Gasteiger partial charge in [0.15, 0.2) is 6.10 Å². The second kappa shape index (κ2) is 13.7. The van der Waals surface area contributed by atoms with Crippen molar-refractivity contribution >= 4 is 23.7 Å². The number of piperidine rings is 1. The van der Waals surface area contributed by atoms with Gasteiger partial charge in [-0.3, -0.25) is 9.59 Å². The Bertz CT molecular complexity index is 1170. The van der Waals surface area contributed by atoms with Gasteiger partial charge < -0.3 is 28.9 Å². The van der Waals surface area contributed by atoms with Crippen LogP contribution in [0.25, 0.3) is 0 Å². The minimum Gasteiger partial charge on any atom is -0.480 e. The number of hydrogen-bond donors (Lipinski definition) is 0. The fraction of sp³-hybridized carbons (Fsp3) is 0.531. The number of carbonyl (C=O) groups excluding carboxylic acids is 3. The fourth-order valence-corrected chi connectivity index (χ4v) is 5.23. The van der Waals surface area contributed by atoms with Crippen molar-refractivity contribution in [2.75, 3.05) is 50.8 Å². The molecule has 0 saturated carbocycles. The number of piperazine rings is 1. The van der Waals surface area contributed by atoms with Crippen LogP contribution in [0.2, 0.25) is 0 Å². The summed E-state index contributed by atoms with van der Waals surface area (Å²) in [4.78, 5) is 44.2. The molecule has 2 fully saturated rings. The van der Waals surface area contributed by atoms with Gasteiger partial charge in [0.05, 0.1) is 12.5 Å². The molecule has 2 saturated heterocycles. The summed E-state index contributed by atoms with van der Waals surface area (Å²) in [5, 5.41) is 0. The molecular weight excluding hydrogens is 522 g/mol. The smallest absolute Gasteiger partial charge is 0.410 e. The summed E-state index contributed by atoms with van der Waals surface area (Å²) in [6.45, 7) is 10.8. The van der Waals surface area contributed by atoms with Crippen LogP contribution >= 0.6 is 0 Å². The van der Waals surface area contributed by atoms with Crippen LogP contribution in [0.4, 0.5) is 10.5 Å². The van der Waals surface area contributed by atoms with Gasteiger partial charge in [-0.1, -0.05) is 36.4 Å². The lowest BCUT2D eigenvalue weighted by Crippen LogP contribution is -2.54. The Morgan fingerprint density at radius 1 is 0.927 bits per heavy atom. The molecule has 0 N–H and O–H groups in total. The van der Waals surface area contributed by atoms with Crippen molar-refractivity contribution in [2.24, 2.45) is 5.92 Å². The van der Waals surface area contributed by atoms with E-state index in [-0.39, 0.29) is 23.9 Å². The van der Waals surface area contributed by atoms with E-state index in [1.165, 1.54) is 0 Å². The average molecular weight is 566 g/mol. The summed E-state index contributed by atoms with van der Waals surface area (Å²) in [6.07, 6.45) is 1.06. The molecule has 2 aliphatic heterocycles. The zero-order chi connectivity index (χ0) is 29.4. The first kappa shape index (κ1) is 30.2. The summed E-state index contributed by atoms with van der Waals surface area (Å²) < 4.78 is 17.2. The van der Waals surface area contributed by atoms with Gasteiger partial charge in [-0.15, -0.1) is 0 Å². The maximum atomic E-state index is 13.8. The number of carbonyl (C=O) groups is 3. The highest BCUT2D eigenvalue weighted by atomic mass is 16.6. The minimum atomic E-state index is -0.727. The zero-order valence-electron chi connectivity index (χ0n) is 24.7. The summed E-state index contributed by atoms with van der Waals surface area (Å²) in [6, 6.07) is 17.6. The Morgan fingerprint density at radius 3 is 2.32 bits per heavy atom. The number of ether oxygens (including phenoxy) is 3. The third-order valence-electron chi connectivity index (χ3n) is 7.28. The zero-order valence-corrected chi connectivity index (χ0v) is 24.7. The number of nitrogens with zero attached hydrogens (tertiary/aromatic N) is 3. The molecule has 222 valence electrons. The van der Waals surface area contributed by atoms with Crippen molar-refractivity contribution in [3.8, 4) is 5.75 Å². The summed E-state index contributed by atoms with van der Waals surface area (Å²) >= 11 is 0. The third kappa shape index (κ3) is 8.62. The molecule has 0 aliphatic carbocycles. The molecule has 2 aromatic rings. The molecule has 9 heteroatoms. The maximum absolute atomic E-state index is 13.8. The van der Waals surface area contributed by atoms with Gasteiger partial charge in [-0.05, 0) is 58.2 Å². The fourth-order valence-electron chi connectivity index (χ4n) is 5.23. The second-order valence-corrected chi connectivity index (χ2v) is 11.6. The van der Waals surface area contributed by atoms with Crippen molar-refractivity contribution < 1.29 is 28.6 Å². The molecule has 2 heterocycles. The highest BCUT2D eigenvalue weighted by Crippen LogP contribution is 2.28. The number of hydrogen-bond acceptors (Lipinski definition) is 7. The van der Waals surface area contributed by atoms with Crippen LogP contribution in [0.1, 0.15) is 46.1 Å². The van der Waals surface area contributed by atoms with Crippen molar-refractivity contribution in [3.63, 3.8) is 0 Å². The monoisotopic (exact) mass is 565 g/mol. The van der Waals surface area contributed by atoms with Crippen molar-refractivity contribution in [1.29, 1.82) is 0 Å². The van der Waals surface area contributed by atoms with Crippen molar-refractivity contribution in [3.05, 3.63) is 60.2 Å². The van der Waals surface area contributed by atoms with Gasteiger partial charge in [0, 0.05) is 57.4 Å². The highest BCUT2D eigenvalue weighted by Gasteiger charge is 2.32. The van der Waals surface area contributed by atoms with E-state index in [2.05, 4.69) is 4.90 Å². The molecule has 2 amide bonds. The van der Waals surface area contributed by atoms with E-state index in [4.69, 9.17) is 14.2 Å². The normalized spacial score (nSPS) is 18.4. The first-order chi connectivity index (χ1) is 19.6. The topological polar surface area (TPSA) is 88.6 Å². The predicted octanol–water partition coefficient (Wildman–Crippen LogP) is 4.54. The molecular formula is C32H43N3O6. The quantitative estimate of drug-likeness (QED) is 0.435. The van der Waals surface area contributed by atoms with E-state index in [0.717, 1.165) is 30.6 Å². The Morgan fingerprint density at radius 2 is 1.63 bits per heavy atom. The van der Waals surface area contributed by atoms with Gasteiger partial charge in [-0.2, -0.15) is 0 Å². The van der Waals surface area contributed by atoms with Crippen molar-refractivity contribution in [1.82, 2.24) is 9.80 Å². The predicted molar refractivity (Wildman–Crippen MR) is 157 cm³/mol. The van der Waals surface area contributed by atoms with E-state index in [0.29, 0.717) is 51.5 Å². The van der Waals surface area contributed by atoms with Crippen LogP contribution in [0.15, 0.2) is 54.6 Å². The molecule has 0 spiro atoms. The average Bonchev–Trinajstić information content (AvgIpc) is 2.96. The van der Waals surface area contributed by atoms with Gasteiger partial charge in [0.25, 0.3) is 5.91 Å². The van der Waals surface area contributed by atoms with Gasteiger partial charge in [-0.25, -0.2) is 4.79 Å². The van der Waals surface area contributed by atoms with Crippen LogP contribution in [-0.4, -0.2) is 85.3 Å². The molecule has 41 heavy (non-hydrogen) atoms. The Balaban J connectivity index is 1.45. The molecule has 0 aromatic heterocycles. The molecule has 0 radical (unpaired) electrons. The first-order valence-corrected chi connectivity index (χ1v) is 14.6. The van der Waals surface area contributed by atoms with Gasteiger partial charge in [0.1, 0.15) is 11.4 Å². The number of rotatable bonds is 8. The number of benzene rings is 2. The molecule has 4 rings (SSSR count). The second-order valence-electron chi connectivity index (χ2n) is 11.6. The molecule has 2 atom stereocenters. The Kier molecular flexibility index (Phi) is 10.1. The highest BCUT2D eigenvalue weighted by molar-refractivity contribution is 5.82. The molecule has 0 bridgehead atoms. The lowest BCUT2D eigenvalue weighted by Gasteiger charge is -2.37. The van der Waals surface area contributed by atoms with E-state index in [1.54, 1.807) is 9.80 Å².